The maximum atomic E-state index is 11.9. The molecule has 4 heteroatoms. The first-order chi connectivity index (χ1) is 8.33. The molecule has 1 aliphatic heterocycles. The second kappa shape index (κ2) is 4.61. The Labute approximate surface area is 101 Å². The Kier molecular flexibility index (Phi) is 2.97. The van der Waals surface area contributed by atoms with Gasteiger partial charge in [0, 0.05) is 18.2 Å². The number of rotatable bonds is 3. The van der Waals surface area contributed by atoms with Crippen molar-refractivity contribution in [1.29, 1.82) is 0 Å². The smallest absolute Gasteiger partial charge is 0.254 e. The molecule has 0 spiro atoms. The standard InChI is InChI=1S/C13H19N3O/c17-13-11(10-3-4-10)8-15-12(16-13)6-9-2-1-5-14-7-9/h8-10,14H,1-7H2,(H,15,16,17). The fraction of sp³-hybridized carbons (Fsp3) is 0.692. The van der Waals surface area contributed by atoms with Gasteiger partial charge in [-0.25, -0.2) is 4.98 Å². The van der Waals surface area contributed by atoms with Crippen LogP contribution in [0.4, 0.5) is 0 Å². The van der Waals surface area contributed by atoms with Crippen LogP contribution in [-0.2, 0) is 6.42 Å². The summed E-state index contributed by atoms with van der Waals surface area (Å²) in [5.74, 6) is 1.96. The average molecular weight is 233 g/mol. The minimum Gasteiger partial charge on any atom is -0.316 e. The molecule has 2 fully saturated rings. The monoisotopic (exact) mass is 233 g/mol. The van der Waals surface area contributed by atoms with E-state index >= 15 is 0 Å². The highest BCUT2D eigenvalue weighted by Gasteiger charge is 2.26. The molecule has 3 rings (SSSR count). The van der Waals surface area contributed by atoms with Crippen LogP contribution in [0.15, 0.2) is 11.0 Å². The van der Waals surface area contributed by atoms with Gasteiger partial charge in [-0.15, -0.1) is 0 Å². The molecule has 2 N–H and O–H groups in total. The summed E-state index contributed by atoms with van der Waals surface area (Å²) in [6.07, 6.45) is 7.46. The van der Waals surface area contributed by atoms with Crippen molar-refractivity contribution in [1.82, 2.24) is 15.3 Å². The van der Waals surface area contributed by atoms with Crippen LogP contribution >= 0.6 is 0 Å². The van der Waals surface area contributed by atoms with Crippen molar-refractivity contribution in [2.24, 2.45) is 5.92 Å². The molecule has 0 bridgehead atoms. The first-order valence-electron chi connectivity index (χ1n) is 6.62. The van der Waals surface area contributed by atoms with E-state index in [0.29, 0.717) is 11.8 Å². The molecule has 1 aromatic rings. The van der Waals surface area contributed by atoms with Gasteiger partial charge >= 0.3 is 0 Å². The lowest BCUT2D eigenvalue weighted by molar-refractivity contribution is 0.370. The van der Waals surface area contributed by atoms with E-state index in [2.05, 4.69) is 15.3 Å². The van der Waals surface area contributed by atoms with E-state index in [9.17, 15) is 4.79 Å². The molecule has 0 radical (unpaired) electrons. The molecular formula is C13H19N3O. The summed E-state index contributed by atoms with van der Waals surface area (Å²) in [6.45, 7) is 2.18. The fourth-order valence-corrected chi connectivity index (χ4v) is 2.60. The van der Waals surface area contributed by atoms with Crippen LogP contribution in [-0.4, -0.2) is 23.1 Å². The summed E-state index contributed by atoms with van der Waals surface area (Å²) < 4.78 is 0. The highest BCUT2D eigenvalue weighted by molar-refractivity contribution is 5.17. The molecule has 0 amide bonds. The Morgan fingerprint density at radius 3 is 2.88 bits per heavy atom. The first-order valence-corrected chi connectivity index (χ1v) is 6.62. The van der Waals surface area contributed by atoms with E-state index in [1.54, 1.807) is 6.20 Å². The number of piperidine rings is 1. The lowest BCUT2D eigenvalue weighted by atomic mass is 9.96. The van der Waals surface area contributed by atoms with Crippen molar-refractivity contribution in [2.45, 2.75) is 38.0 Å². The summed E-state index contributed by atoms with van der Waals surface area (Å²) in [7, 11) is 0. The van der Waals surface area contributed by atoms with Crippen molar-refractivity contribution < 1.29 is 0 Å². The summed E-state index contributed by atoms with van der Waals surface area (Å²) in [6, 6.07) is 0. The van der Waals surface area contributed by atoms with Gasteiger partial charge in [0.1, 0.15) is 5.82 Å². The number of nitrogens with zero attached hydrogens (tertiary/aromatic N) is 1. The lowest BCUT2D eigenvalue weighted by Crippen LogP contribution is -2.31. The Bertz CT molecular complexity index is 444. The minimum absolute atomic E-state index is 0.0845. The second-order valence-corrected chi connectivity index (χ2v) is 5.31. The summed E-state index contributed by atoms with van der Waals surface area (Å²) in [5, 5.41) is 3.39. The molecule has 1 saturated heterocycles. The van der Waals surface area contributed by atoms with E-state index in [1.807, 2.05) is 0 Å². The van der Waals surface area contributed by atoms with Gasteiger partial charge < -0.3 is 10.3 Å². The average Bonchev–Trinajstić information content (AvgIpc) is 3.15. The molecule has 2 aliphatic rings. The summed E-state index contributed by atoms with van der Waals surface area (Å²) in [4.78, 5) is 19.2. The third kappa shape index (κ3) is 2.57. The molecule has 1 unspecified atom stereocenters. The maximum Gasteiger partial charge on any atom is 0.254 e. The van der Waals surface area contributed by atoms with E-state index < -0.39 is 0 Å². The van der Waals surface area contributed by atoms with Gasteiger partial charge in [-0.3, -0.25) is 4.79 Å². The number of hydrogen-bond donors (Lipinski definition) is 2. The van der Waals surface area contributed by atoms with Crippen LogP contribution in [0, 0.1) is 5.92 Å². The number of nitrogens with one attached hydrogen (secondary N) is 2. The van der Waals surface area contributed by atoms with Gasteiger partial charge in [-0.1, -0.05) is 0 Å². The number of aromatic nitrogens is 2. The minimum atomic E-state index is 0.0845. The molecule has 1 atom stereocenters. The molecule has 1 aromatic heterocycles. The topological polar surface area (TPSA) is 57.8 Å². The van der Waals surface area contributed by atoms with Gasteiger partial charge in [-0.2, -0.15) is 0 Å². The van der Waals surface area contributed by atoms with Gasteiger partial charge in [0.25, 0.3) is 5.56 Å². The van der Waals surface area contributed by atoms with E-state index in [1.165, 1.54) is 12.8 Å². The van der Waals surface area contributed by atoms with Crippen LogP contribution in [0.25, 0.3) is 0 Å². The molecule has 92 valence electrons. The van der Waals surface area contributed by atoms with Crippen molar-refractivity contribution in [3.8, 4) is 0 Å². The van der Waals surface area contributed by atoms with Crippen LogP contribution in [0.1, 0.15) is 43.0 Å². The normalized spacial score (nSPS) is 24.8. The fourth-order valence-electron chi connectivity index (χ4n) is 2.60. The zero-order chi connectivity index (χ0) is 11.7. The molecule has 4 nitrogen and oxygen atoms in total. The van der Waals surface area contributed by atoms with E-state index in [-0.39, 0.29) is 5.56 Å². The van der Waals surface area contributed by atoms with Crippen molar-refractivity contribution in [3.63, 3.8) is 0 Å². The summed E-state index contributed by atoms with van der Waals surface area (Å²) in [5.41, 5.74) is 0.969. The van der Waals surface area contributed by atoms with E-state index in [0.717, 1.165) is 43.7 Å². The zero-order valence-electron chi connectivity index (χ0n) is 10.0. The van der Waals surface area contributed by atoms with Gasteiger partial charge in [0.2, 0.25) is 0 Å². The van der Waals surface area contributed by atoms with Crippen LogP contribution in [0.2, 0.25) is 0 Å². The second-order valence-electron chi connectivity index (χ2n) is 5.31. The van der Waals surface area contributed by atoms with Gasteiger partial charge in [0.05, 0.1) is 0 Å². The number of hydrogen-bond acceptors (Lipinski definition) is 3. The first kappa shape index (κ1) is 11.0. The third-order valence-electron chi connectivity index (χ3n) is 3.78. The summed E-state index contributed by atoms with van der Waals surface area (Å²) >= 11 is 0. The Balaban J connectivity index is 1.70. The molecule has 0 aromatic carbocycles. The third-order valence-corrected chi connectivity index (χ3v) is 3.78. The number of H-pyrrole nitrogens is 1. The largest absolute Gasteiger partial charge is 0.316 e. The molecular weight excluding hydrogens is 214 g/mol. The highest BCUT2D eigenvalue weighted by atomic mass is 16.1. The maximum absolute atomic E-state index is 11.9. The highest BCUT2D eigenvalue weighted by Crippen LogP contribution is 2.37. The predicted molar refractivity (Wildman–Crippen MR) is 66.1 cm³/mol. The van der Waals surface area contributed by atoms with E-state index in [4.69, 9.17) is 0 Å². The number of aromatic amines is 1. The van der Waals surface area contributed by atoms with Crippen molar-refractivity contribution >= 4 is 0 Å². The Morgan fingerprint density at radius 2 is 2.24 bits per heavy atom. The van der Waals surface area contributed by atoms with Crippen molar-refractivity contribution in [2.75, 3.05) is 13.1 Å². The van der Waals surface area contributed by atoms with Crippen LogP contribution in [0.5, 0.6) is 0 Å². The zero-order valence-corrected chi connectivity index (χ0v) is 10.0. The van der Waals surface area contributed by atoms with Crippen LogP contribution in [0.3, 0.4) is 0 Å². The SMILES string of the molecule is O=c1[nH]c(CC2CCCNC2)ncc1C1CC1. The Morgan fingerprint density at radius 1 is 1.35 bits per heavy atom. The molecule has 2 heterocycles. The van der Waals surface area contributed by atoms with Crippen LogP contribution < -0.4 is 10.9 Å². The predicted octanol–water partition coefficient (Wildman–Crippen LogP) is 1.19. The van der Waals surface area contributed by atoms with Gasteiger partial charge in [-0.05, 0) is 50.6 Å². The Hall–Kier alpha value is -1.16. The lowest BCUT2D eigenvalue weighted by Gasteiger charge is -2.22. The molecule has 1 aliphatic carbocycles. The van der Waals surface area contributed by atoms with Crippen molar-refractivity contribution in [3.05, 3.63) is 27.9 Å². The quantitative estimate of drug-likeness (QED) is 0.824. The molecule has 17 heavy (non-hydrogen) atoms. The molecule has 1 saturated carbocycles. The van der Waals surface area contributed by atoms with Gasteiger partial charge in [0.15, 0.2) is 0 Å².